The Labute approximate surface area is 95.0 Å². The van der Waals surface area contributed by atoms with Crippen molar-refractivity contribution in [2.45, 2.75) is 20.3 Å². The summed E-state index contributed by atoms with van der Waals surface area (Å²) in [5, 5.41) is 0. The van der Waals surface area contributed by atoms with Crippen LogP contribution in [0.2, 0.25) is 0 Å². The predicted octanol–water partition coefficient (Wildman–Crippen LogP) is 3.76. The molecule has 82 valence electrons. The van der Waals surface area contributed by atoms with Crippen molar-refractivity contribution in [2.75, 3.05) is 0 Å². The van der Waals surface area contributed by atoms with Gasteiger partial charge in [0.15, 0.2) is 0 Å². The predicted molar refractivity (Wildman–Crippen MR) is 63.7 cm³/mol. The normalized spacial score (nSPS) is 10.4. The smallest absolute Gasteiger partial charge is 0.123 e. The second-order valence-electron chi connectivity index (χ2n) is 3.83. The molecule has 0 spiro atoms. The van der Waals surface area contributed by atoms with E-state index in [9.17, 15) is 4.39 Å². The molecule has 0 fully saturated rings. The molecule has 0 atom stereocenters. The van der Waals surface area contributed by atoms with Gasteiger partial charge in [-0.05, 0) is 43.2 Å². The number of hydrogen-bond donors (Lipinski definition) is 0. The third-order valence-corrected chi connectivity index (χ3v) is 2.64. The zero-order valence-electron chi connectivity index (χ0n) is 9.50. The Kier molecular flexibility index (Phi) is 3.00. The molecule has 1 aromatic carbocycles. The van der Waals surface area contributed by atoms with E-state index in [2.05, 4.69) is 11.9 Å². The first kappa shape index (κ1) is 10.8. The second kappa shape index (κ2) is 4.44. The van der Waals surface area contributed by atoms with Gasteiger partial charge in [-0.2, -0.15) is 0 Å². The summed E-state index contributed by atoms with van der Waals surface area (Å²) in [5.41, 5.74) is 3.79. The van der Waals surface area contributed by atoms with E-state index in [1.54, 1.807) is 6.07 Å². The van der Waals surface area contributed by atoms with Gasteiger partial charge in [0.1, 0.15) is 5.82 Å². The summed E-state index contributed by atoms with van der Waals surface area (Å²) in [6, 6.07) is 10.7. The monoisotopic (exact) mass is 215 g/mol. The van der Waals surface area contributed by atoms with Crippen molar-refractivity contribution in [2.24, 2.45) is 0 Å². The van der Waals surface area contributed by atoms with E-state index >= 15 is 0 Å². The van der Waals surface area contributed by atoms with Crippen molar-refractivity contribution >= 4 is 0 Å². The van der Waals surface area contributed by atoms with Gasteiger partial charge in [0, 0.05) is 11.3 Å². The summed E-state index contributed by atoms with van der Waals surface area (Å²) in [5.74, 6) is -0.218. The second-order valence-corrected chi connectivity index (χ2v) is 3.83. The lowest BCUT2D eigenvalue weighted by Gasteiger charge is -2.06. The van der Waals surface area contributed by atoms with Gasteiger partial charge in [-0.1, -0.05) is 19.1 Å². The van der Waals surface area contributed by atoms with Crippen LogP contribution in [0.1, 0.15) is 18.2 Å². The molecule has 0 aliphatic rings. The van der Waals surface area contributed by atoms with Gasteiger partial charge in [0.05, 0.1) is 5.69 Å². The van der Waals surface area contributed by atoms with Crippen molar-refractivity contribution in [3.8, 4) is 11.3 Å². The zero-order valence-corrected chi connectivity index (χ0v) is 9.50. The van der Waals surface area contributed by atoms with Crippen LogP contribution in [-0.2, 0) is 6.42 Å². The standard InChI is InChI=1S/C14H14FN/c1-3-12-5-4-6-14(16-12)13-9-11(15)8-7-10(13)2/h4-9H,3H2,1-2H3. The van der Waals surface area contributed by atoms with Crippen LogP contribution in [0.25, 0.3) is 11.3 Å². The Hall–Kier alpha value is -1.70. The van der Waals surface area contributed by atoms with Crippen molar-refractivity contribution < 1.29 is 4.39 Å². The van der Waals surface area contributed by atoms with Crippen molar-refractivity contribution in [1.82, 2.24) is 4.98 Å². The SMILES string of the molecule is CCc1cccc(-c2cc(F)ccc2C)n1. The van der Waals surface area contributed by atoms with Gasteiger partial charge in [-0.25, -0.2) is 4.39 Å². The van der Waals surface area contributed by atoms with Gasteiger partial charge < -0.3 is 0 Å². The van der Waals surface area contributed by atoms with E-state index in [-0.39, 0.29) is 5.82 Å². The topological polar surface area (TPSA) is 12.9 Å². The van der Waals surface area contributed by atoms with Crippen molar-refractivity contribution in [1.29, 1.82) is 0 Å². The molecule has 0 bridgehead atoms. The molecular weight excluding hydrogens is 201 g/mol. The summed E-state index contributed by atoms with van der Waals surface area (Å²) in [4.78, 5) is 4.50. The number of halogens is 1. The molecule has 0 amide bonds. The lowest BCUT2D eigenvalue weighted by atomic mass is 10.0. The first-order valence-electron chi connectivity index (χ1n) is 5.43. The van der Waals surface area contributed by atoms with Crippen LogP contribution in [0.15, 0.2) is 36.4 Å². The molecule has 1 heterocycles. The highest BCUT2D eigenvalue weighted by molar-refractivity contribution is 5.63. The molecule has 1 nitrogen and oxygen atoms in total. The highest BCUT2D eigenvalue weighted by Gasteiger charge is 2.05. The van der Waals surface area contributed by atoms with E-state index in [0.29, 0.717) is 0 Å². The quantitative estimate of drug-likeness (QED) is 0.743. The van der Waals surface area contributed by atoms with Crippen LogP contribution >= 0.6 is 0 Å². The lowest BCUT2D eigenvalue weighted by Crippen LogP contribution is -1.92. The number of benzene rings is 1. The third-order valence-electron chi connectivity index (χ3n) is 2.64. The van der Waals surface area contributed by atoms with Crippen LogP contribution in [0.5, 0.6) is 0 Å². The minimum atomic E-state index is -0.218. The Morgan fingerprint density at radius 3 is 2.75 bits per heavy atom. The Morgan fingerprint density at radius 2 is 2.00 bits per heavy atom. The summed E-state index contributed by atoms with van der Waals surface area (Å²) in [6.07, 6.45) is 0.891. The third kappa shape index (κ3) is 2.11. The van der Waals surface area contributed by atoms with E-state index in [4.69, 9.17) is 0 Å². The fourth-order valence-corrected chi connectivity index (χ4v) is 1.70. The van der Waals surface area contributed by atoms with Crippen molar-refractivity contribution in [3.63, 3.8) is 0 Å². The van der Waals surface area contributed by atoms with E-state index in [1.807, 2.05) is 25.1 Å². The van der Waals surface area contributed by atoms with Crippen LogP contribution in [0.4, 0.5) is 4.39 Å². The first-order chi connectivity index (χ1) is 7.70. The molecule has 0 radical (unpaired) electrons. The molecule has 0 aliphatic carbocycles. The zero-order chi connectivity index (χ0) is 11.5. The molecule has 16 heavy (non-hydrogen) atoms. The average Bonchev–Trinajstić information content (AvgIpc) is 2.32. The summed E-state index contributed by atoms with van der Waals surface area (Å²) in [7, 11) is 0. The molecule has 1 aromatic heterocycles. The number of pyridine rings is 1. The average molecular weight is 215 g/mol. The minimum Gasteiger partial charge on any atom is -0.253 e. The van der Waals surface area contributed by atoms with E-state index in [1.165, 1.54) is 12.1 Å². The molecule has 0 saturated carbocycles. The van der Waals surface area contributed by atoms with Gasteiger partial charge in [-0.15, -0.1) is 0 Å². The molecule has 2 aromatic rings. The summed E-state index contributed by atoms with van der Waals surface area (Å²) < 4.78 is 13.2. The number of nitrogens with zero attached hydrogens (tertiary/aromatic N) is 1. The van der Waals surface area contributed by atoms with Crippen LogP contribution in [-0.4, -0.2) is 4.98 Å². The number of aromatic nitrogens is 1. The summed E-state index contributed by atoms with van der Waals surface area (Å²) in [6.45, 7) is 4.03. The fourth-order valence-electron chi connectivity index (χ4n) is 1.70. The molecule has 0 N–H and O–H groups in total. The molecule has 0 aliphatic heterocycles. The fraction of sp³-hybridized carbons (Fsp3) is 0.214. The van der Waals surface area contributed by atoms with Gasteiger partial charge in [-0.3, -0.25) is 4.98 Å². The Morgan fingerprint density at radius 1 is 1.19 bits per heavy atom. The molecule has 0 unspecified atom stereocenters. The Balaban J connectivity index is 2.53. The largest absolute Gasteiger partial charge is 0.253 e. The number of aryl methyl sites for hydroxylation is 2. The molecule has 0 saturated heterocycles. The molecule has 2 heteroatoms. The maximum absolute atomic E-state index is 13.2. The van der Waals surface area contributed by atoms with E-state index < -0.39 is 0 Å². The first-order valence-corrected chi connectivity index (χ1v) is 5.43. The van der Waals surface area contributed by atoms with Gasteiger partial charge in [0.2, 0.25) is 0 Å². The van der Waals surface area contributed by atoms with E-state index in [0.717, 1.165) is 28.9 Å². The lowest BCUT2D eigenvalue weighted by molar-refractivity contribution is 0.628. The Bertz CT molecular complexity index is 506. The van der Waals surface area contributed by atoms with Crippen LogP contribution in [0, 0.1) is 12.7 Å². The molecular formula is C14H14FN. The number of rotatable bonds is 2. The van der Waals surface area contributed by atoms with Crippen LogP contribution < -0.4 is 0 Å². The maximum Gasteiger partial charge on any atom is 0.123 e. The summed E-state index contributed by atoms with van der Waals surface area (Å²) >= 11 is 0. The highest BCUT2D eigenvalue weighted by atomic mass is 19.1. The van der Waals surface area contributed by atoms with Crippen LogP contribution in [0.3, 0.4) is 0 Å². The van der Waals surface area contributed by atoms with Crippen molar-refractivity contribution in [3.05, 3.63) is 53.5 Å². The van der Waals surface area contributed by atoms with Gasteiger partial charge in [0.25, 0.3) is 0 Å². The number of hydrogen-bond acceptors (Lipinski definition) is 1. The van der Waals surface area contributed by atoms with Gasteiger partial charge >= 0.3 is 0 Å². The highest BCUT2D eigenvalue weighted by Crippen LogP contribution is 2.22. The maximum atomic E-state index is 13.2. The molecule has 2 rings (SSSR count). The minimum absolute atomic E-state index is 0.218.